The van der Waals surface area contributed by atoms with Crippen molar-refractivity contribution in [2.75, 3.05) is 23.1 Å². The minimum absolute atomic E-state index is 0.0339. The minimum Gasteiger partial charge on any atom is -0.355 e. The molecule has 2 aliphatic carbocycles. The third-order valence-corrected chi connectivity index (χ3v) is 6.73. The summed E-state index contributed by atoms with van der Waals surface area (Å²) in [4.78, 5) is 11.9. The van der Waals surface area contributed by atoms with Gasteiger partial charge in [-0.1, -0.05) is 18.2 Å². The van der Waals surface area contributed by atoms with E-state index in [0.717, 1.165) is 30.5 Å². The van der Waals surface area contributed by atoms with E-state index in [-0.39, 0.29) is 23.6 Å². The average Bonchev–Trinajstić information content (AvgIpc) is 3.26. The van der Waals surface area contributed by atoms with E-state index >= 15 is 0 Å². The number of fused-ring (bicyclic) bond motifs is 2. The molecule has 0 unspecified atom stereocenters. The number of sulfonamides is 1. The van der Waals surface area contributed by atoms with E-state index in [1.165, 1.54) is 4.31 Å². The van der Waals surface area contributed by atoms with Crippen molar-refractivity contribution in [1.82, 2.24) is 5.32 Å². The van der Waals surface area contributed by atoms with Gasteiger partial charge in [0, 0.05) is 13.1 Å². The molecule has 6 heteroatoms. The standard InChI is InChI=1S/C15H18N2O3S/c18-14(15-9-12(15)10-15)16-6-8-21(19,20)17-7-5-11-3-1-2-4-13(11)17/h1-4,12H,5-10H2,(H,16,18). The van der Waals surface area contributed by atoms with Gasteiger partial charge in [-0.3, -0.25) is 9.10 Å². The van der Waals surface area contributed by atoms with Gasteiger partial charge in [-0.2, -0.15) is 0 Å². The number of rotatable bonds is 5. The number of nitrogens with one attached hydrogen (secondary N) is 1. The van der Waals surface area contributed by atoms with E-state index in [2.05, 4.69) is 5.32 Å². The first-order chi connectivity index (χ1) is 10.0. The fourth-order valence-corrected chi connectivity index (χ4v) is 4.68. The molecule has 1 aromatic carbocycles. The second kappa shape index (κ2) is 4.22. The van der Waals surface area contributed by atoms with Crippen LogP contribution in [0.5, 0.6) is 0 Å². The van der Waals surface area contributed by atoms with Crippen LogP contribution in [-0.4, -0.2) is 33.2 Å². The summed E-state index contributed by atoms with van der Waals surface area (Å²) < 4.78 is 26.3. The van der Waals surface area contributed by atoms with E-state index in [0.29, 0.717) is 12.5 Å². The van der Waals surface area contributed by atoms with Gasteiger partial charge in [0.25, 0.3) is 0 Å². The Hall–Kier alpha value is -1.56. The zero-order chi connectivity index (χ0) is 14.7. The van der Waals surface area contributed by atoms with Crippen LogP contribution < -0.4 is 9.62 Å². The minimum atomic E-state index is -3.36. The maximum absolute atomic E-state index is 12.4. The van der Waals surface area contributed by atoms with Crippen LogP contribution in [0, 0.1) is 11.3 Å². The molecule has 1 amide bonds. The van der Waals surface area contributed by atoms with Crippen molar-refractivity contribution in [3.8, 4) is 0 Å². The molecule has 1 N–H and O–H groups in total. The first-order valence-corrected chi connectivity index (χ1v) is 9.00. The lowest BCUT2D eigenvalue weighted by Gasteiger charge is -2.19. The molecule has 2 saturated carbocycles. The summed E-state index contributed by atoms with van der Waals surface area (Å²) in [6.45, 7) is 0.704. The van der Waals surface area contributed by atoms with Crippen LogP contribution in [0.3, 0.4) is 0 Å². The van der Waals surface area contributed by atoms with Crippen LogP contribution in [0.4, 0.5) is 5.69 Å². The third-order valence-electron chi connectivity index (χ3n) is 4.96. The predicted octanol–water partition coefficient (Wildman–Crippen LogP) is 0.905. The van der Waals surface area contributed by atoms with E-state index in [1.807, 2.05) is 24.3 Å². The van der Waals surface area contributed by atoms with Crippen molar-refractivity contribution in [2.45, 2.75) is 19.3 Å². The van der Waals surface area contributed by atoms with E-state index in [4.69, 9.17) is 0 Å². The summed E-state index contributed by atoms with van der Waals surface area (Å²) in [6.07, 6.45) is 2.74. The summed E-state index contributed by atoms with van der Waals surface area (Å²) in [5.74, 6) is 0.595. The van der Waals surface area contributed by atoms with Crippen LogP contribution in [-0.2, 0) is 21.2 Å². The SMILES string of the molecule is O=C(NCCS(=O)(=O)N1CCc2ccccc21)C12CC1C2. The molecule has 0 aromatic heterocycles. The lowest BCUT2D eigenvalue weighted by Crippen LogP contribution is -2.38. The van der Waals surface area contributed by atoms with E-state index in [9.17, 15) is 13.2 Å². The summed E-state index contributed by atoms with van der Waals surface area (Å²) in [6, 6.07) is 7.59. The molecule has 0 bridgehead atoms. The van der Waals surface area contributed by atoms with Crippen LogP contribution in [0.2, 0.25) is 0 Å². The normalized spacial score (nSPS) is 28.8. The van der Waals surface area contributed by atoms with Crippen molar-refractivity contribution >= 4 is 21.6 Å². The Balaban J connectivity index is 1.39. The molecule has 2 fully saturated rings. The Morgan fingerprint density at radius 1 is 1.33 bits per heavy atom. The number of carbonyl (C=O) groups is 1. The summed E-state index contributed by atoms with van der Waals surface area (Å²) in [5.41, 5.74) is 1.76. The van der Waals surface area contributed by atoms with Gasteiger partial charge < -0.3 is 5.32 Å². The monoisotopic (exact) mass is 306 g/mol. The van der Waals surface area contributed by atoms with Gasteiger partial charge in [0.2, 0.25) is 15.9 Å². The first-order valence-electron chi connectivity index (χ1n) is 7.40. The van der Waals surface area contributed by atoms with Gasteiger partial charge in [0.15, 0.2) is 0 Å². The number of carbonyl (C=O) groups excluding carboxylic acids is 1. The van der Waals surface area contributed by atoms with Crippen molar-refractivity contribution < 1.29 is 13.2 Å². The molecule has 0 spiro atoms. The van der Waals surface area contributed by atoms with Crippen molar-refractivity contribution in [2.24, 2.45) is 11.3 Å². The van der Waals surface area contributed by atoms with Crippen LogP contribution >= 0.6 is 0 Å². The zero-order valence-electron chi connectivity index (χ0n) is 11.7. The summed E-state index contributed by atoms with van der Waals surface area (Å²) >= 11 is 0. The van der Waals surface area contributed by atoms with Crippen molar-refractivity contribution in [3.05, 3.63) is 29.8 Å². The molecular weight excluding hydrogens is 288 g/mol. The number of nitrogens with zero attached hydrogens (tertiary/aromatic N) is 1. The predicted molar refractivity (Wildman–Crippen MR) is 79.4 cm³/mol. The number of anilines is 1. The highest BCUT2D eigenvalue weighted by Gasteiger charge is 2.74. The van der Waals surface area contributed by atoms with Gasteiger partial charge in [-0.05, 0) is 36.8 Å². The van der Waals surface area contributed by atoms with Gasteiger partial charge in [-0.25, -0.2) is 8.42 Å². The molecule has 0 atom stereocenters. The molecule has 21 heavy (non-hydrogen) atoms. The summed E-state index contributed by atoms with van der Waals surface area (Å²) in [7, 11) is -3.36. The van der Waals surface area contributed by atoms with Gasteiger partial charge >= 0.3 is 0 Å². The number of hydrogen-bond acceptors (Lipinski definition) is 3. The van der Waals surface area contributed by atoms with Crippen LogP contribution in [0.1, 0.15) is 18.4 Å². The maximum Gasteiger partial charge on any atom is 0.236 e. The number of amides is 1. The van der Waals surface area contributed by atoms with Crippen LogP contribution in [0.15, 0.2) is 24.3 Å². The Morgan fingerprint density at radius 3 is 2.76 bits per heavy atom. The maximum atomic E-state index is 12.4. The van der Waals surface area contributed by atoms with E-state index in [1.54, 1.807) is 0 Å². The number of benzene rings is 1. The van der Waals surface area contributed by atoms with E-state index < -0.39 is 10.0 Å². The third kappa shape index (κ3) is 2.04. The van der Waals surface area contributed by atoms with Gasteiger partial charge in [0.05, 0.1) is 16.9 Å². The molecule has 1 aromatic rings. The molecule has 0 radical (unpaired) electrons. The summed E-state index contributed by atoms with van der Waals surface area (Å²) in [5, 5.41) is 2.79. The number of para-hydroxylation sites is 1. The van der Waals surface area contributed by atoms with Crippen LogP contribution in [0.25, 0.3) is 0 Å². The first kappa shape index (κ1) is 13.1. The molecule has 0 saturated heterocycles. The largest absolute Gasteiger partial charge is 0.355 e. The highest BCUT2D eigenvalue weighted by atomic mass is 32.2. The smallest absolute Gasteiger partial charge is 0.236 e. The molecule has 5 nitrogen and oxygen atoms in total. The highest BCUT2D eigenvalue weighted by molar-refractivity contribution is 7.92. The quantitative estimate of drug-likeness (QED) is 0.879. The van der Waals surface area contributed by atoms with Gasteiger partial charge in [0.1, 0.15) is 0 Å². The molecule has 112 valence electrons. The molecule has 3 aliphatic rings. The molecule has 1 heterocycles. The second-order valence-electron chi connectivity index (χ2n) is 6.28. The fourth-order valence-electron chi connectivity index (χ4n) is 3.25. The molecule has 4 rings (SSSR count). The highest BCUT2D eigenvalue weighted by Crippen LogP contribution is 2.75. The Labute approximate surface area is 124 Å². The Kier molecular flexibility index (Phi) is 2.64. The van der Waals surface area contributed by atoms with Crippen molar-refractivity contribution in [3.63, 3.8) is 0 Å². The lowest BCUT2D eigenvalue weighted by molar-refractivity contribution is -0.124. The Bertz CT molecular complexity index is 707. The molecular formula is C15H18N2O3S. The lowest BCUT2D eigenvalue weighted by atomic mass is 10.2. The van der Waals surface area contributed by atoms with Gasteiger partial charge in [-0.15, -0.1) is 0 Å². The molecule has 1 aliphatic heterocycles. The fraction of sp³-hybridized carbons (Fsp3) is 0.533. The Morgan fingerprint density at radius 2 is 2.05 bits per heavy atom. The zero-order valence-corrected chi connectivity index (χ0v) is 12.5. The average molecular weight is 306 g/mol. The van der Waals surface area contributed by atoms with Crippen molar-refractivity contribution in [1.29, 1.82) is 0 Å². The number of hydrogen-bond donors (Lipinski definition) is 1. The second-order valence-corrected chi connectivity index (χ2v) is 8.30. The topological polar surface area (TPSA) is 66.5 Å².